The lowest BCUT2D eigenvalue weighted by Gasteiger charge is -2.38. The summed E-state index contributed by atoms with van der Waals surface area (Å²) < 4.78 is 2.14. The number of thiophene rings is 1. The van der Waals surface area contributed by atoms with Crippen LogP contribution >= 0.6 is 11.3 Å². The Balaban J connectivity index is 1.91. The molecule has 112 valence electrons. The van der Waals surface area contributed by atoms with E-state index in [0.29, 0.717) is 12.8 Å². The number of nitrogens with one attached hydrogen (secondary N) is 1. The molecule has 21 heavy (non-hydrogen) atoms. The zero-order valence-corrected chi connectivity index (χ0v) is 12.8. The number of likely N-dealkylation sites (N-methyl/N-ethyl adjacent to an activating group) is 1. The molecule has 2 aromatic rings. The molecule has 1 saturated carbocycles. The first kappa shape index (κ1) is 14.3. The normalized spacial score (nSPS) is 25.9. The highest BCUT2D eigenvalue weighted by Crippen LogP contribution is 2.38. The number of aromatic nitrogens is 2. The molecule has 3 rings (SSSR count). The number of hydrogen-bond acceptors (Lipinski definition) is 4. The molecule has 1 aliphatic rings. The van der Waals surface area contributed by atoms with Gasteiger partial charge in [0.15, 0.2) is 0 Å². The van der Waals surface area contributed by atoms with Gasteiger partial charge in [-0.05, 0) is 44.2 Å². The van der Waals surface area contributed by atoms with Crippen LogP contribution in [0.1, 0.15) is 31.7 Å². The molecule has 2 N–H and O–H groups in total. The van der Waals surface area contributed by atoms with E-state index in [0.717, 1.165) is 23.5 Å². The minimum Gasteiger partial charge on any atom is -0.480 e. The largest absolute Gasteiger partial charge is 0.480 e. The Kier molecular flexibility index (Phi) is 3.82. The van der Waals surface area contributed by atoms with Gasteiger partial charge in [-0.15, -0.1) is 11.3 Å². The molecule has 2 aromatic heterocycles. The van der Waals surface area contributed by atoms with Crippen LogP contribution < -0.4 is 5.32 Å². The van der Waals surface area contributed by atoms with E-state index in [1.165, 1.54) is 0 Å². The van der Waals surface area contributed by atoms with Crippen LogP contribution in [0.3, 0.4) is 0 Å². The fourth-order valence-electron chi connectivity index (χ4n) is 3.22. The SMILES string of the molecule is CNC1(C(=O)O)CCCC(n2ccnc2-c2cccs2)C1. The van der Waals surface area contributed by atoms with E-state index in [-0.39, 0.29) is 6.04 Å². The first-order valence-corrected chi connectivity index (χ1v) is 8.03. The molecule has 0 aromatic carbocycles. The van der Waals surface area contributed by atoms with Crippen LogP contribution in [-0.2, 0) is 4.79 Å². The third kappa shape index (κ3) is 2.49. The standard InChI is InChI=1S/C15H19N3O2S/c1-16-15(14(19)20)6-2-4-11(10-15)18-8-7-17-13(18)12-5-3-9-21-12/h3,5,7-9,11,16H,2,4,6,10H2,1H3,(H,19,20). The number of nitrogens with zero attached hydrogens (tertiary/aromatic N) is 2. The Labute approximate surface area is 127 Å². The number of imidazole rings is 1. The van der Waals surface area contributed by atoms with Gasteiger partial charge in [-0.3, -0.25) is 4.79 Å². The Morgan fingerprint density at radius 2 is 2.48 bits per heavy atom. The van der Waals surface area contributed by atoms with Crippen molar-refractivity contribution in [2.24, 2.45) is 0 Å². The van der Waals surface area contributed by atoms with Gasteiger partial charge in [0, 0.05) is 18.4 Å². The number of hydrogen-bond donors (Lipinski definition) is 2. The van der Waals surface area contributed by atoms with Crippen LogP contribution in [0.2, 0.25) is 0 Å². The van der Waals surface area contributed by atoms with Crippen molar-refractivity contribution in [1.82, 2.24) is 14.9 Å². The summed E-state index contributed by atoms with van der Waals surface area (Å²) in [5.74, 6) is 0.180. The van der Waals surface area contributed by atoms with Crippen molar-refractivity contribution in [2.45, 2.75) is 37.3 Å². The van der Waals surface area contributed by atoms with Gasteiger partial charge in [-0.2, -0.15) is 0 Å². The predicted molar refractivity (Wildman–Crippen MR) is 82.5 cm³/mol. The van der Waals surface area contributed by atoms with Crippen molar-refractivity contribution < 1.29 is 9.90 Å². The molecule has 0 radical (unpaired) electrons. The summed E-state index contributed by atoms with van der Waals surface area (Å²) in [6, 6.07) is 4.23. The fourth-order valence-corrected chi connectivity index (χ4v) is 3.94. The average Bonchev–Trinajstić information content (AvgIpc) is 3.17. The van der Waals surface area contributed by atoms with Crippen LogP contribution in [0.5, 0.6) is 0 Å². The molecule has 0 amide bonds. The van der Waals surface area contributed by atoms with E-state index < -0.39 is 11.5 Å². The van der Waals surface area contributed by atoms with Crippen LogP contribution in [0.25, 0.3) is 10.7 Å². The Morgan fingerprint density at radius 1 is 1.62 bits per heavy atom. The fraction of sp³-hybridized carbons (Fsp3) is 0.467. The summed E-state index contributed by atoms with van der Waals surface area (Å²) in [5.41, 5.74) is -0.820. The molecule has 6 heteroatoms. The first-order chi connectivity index (χ1) is 10.2. The zero-order valence-electron chi connectivity index (χ0n) is 12.0. The van der Waals surface area contributed by atoms with Crippen molar-refractivity contribution in [3.63, 3.8) is 0 Å². The average molecular weight is 305 g/mol. The lowest BCUT2D eigenvalue weighted by atomic mass is 9.79. The van der Waals surface area contributed by atoms with E-state index in [2.05, 4.69) is 20.9 Å². The molecule has 2 heterocycles. The summed E-state index contributed by atoms with van der Waals surface area (Å²) in [6.45, 7) is 0. The van der Waals surface area contributed by atoms with E-state index in [4.69, 9.17) is 0 Å². The van der Waals surface area contributed by atoms with E-state index in [9.17, 15) is 9.90 Å². The third-order valence-corrected chi connectivity index (χ3v) is 5.28. The summed E-state index contributed by atoms with van der Waals surface area (Å²) in [5, 5.41) is 14.6. The highest BCUT2D eigenvalue weighted by atomic mass is 32.1. The molecule has 2 unspecified atom stereocenters. The molecule has 1 fully saturated rings. The van der Waals surface area contributed by atoms with Crippen molar-refractivity contribution in [1.29, 1.82) is 0 Å². The lowest BCUT2D eigenvalue weighted by molar-refractivity contribution is -0.146. The smallest absolute Gasteiger partial charge is 0.323 e. The highest BCUT2D eigenvalue weighted by Gasteiger charge is 2.42. The van der Waals surface area contributed by atoms with E-state index >= 15 is 0 Å². The van der Waals surface area contributed by atoms with Gasteiger partial charge in [-0.1, -0.05) is 6.07 Å². The molecule has 1 aliphatic carbocycles. The highest BCUT2D eigenvalue weighted by molar-refractivity contribution is 7.13. The summed E-state index contributed by atoms with van der Waals surface area (Å²) >= 11 is 1.66. The lowest BCUT2D eigenvalue weighted by Crippen LogP contribution is -2.53. The molecular weight excluding hydrogens is 286 g/mol. The quantitative estimate of drug-likeness (QED) is 0.911. The van der Waals surface area contributed by atoms with Gasteiger partial charge in [0.2, 0.25) is 0 Å². The molecule has 0 bridgehead atoms. The maximum atomic E-state index is 11.7. The van der Waals surface area contributed by atoms with E-state index in [1.807, 2.05) is 17.6 Å². The van der Waals surface area contributed by atoms with Gasteiger partial charge >= 0.3 is 5.97 Å². The van der Waals surface area contributed by atoms with Crippen molar-refractivity contribution in [2.75, 3.05) is 7.05 Å². The second-order valence-electron chi connectivity index (χ2n) is 5.52. The van der Waals surface area contributed by atoms with Gasteiger partial charge in [0.25, 0.3) is 0 Å². The third-order valence-electron chi connectivity index (χ3n) is 4.42. The van der Waals surface area contributed by atoms with Crippen LogP contribution in [0.4, 0.5) is 0 Å². The van der Waals surface area contributed by atoms with Crippen LogP contribution in [0, 0.1) is 0 Å². The van der Waals surface area contributed by atoms with Gasteiger partial charge in [-0.25, -0.2) is 4.98 Å². The maximum absolute atomic E-state index is 11.7. The Hall–Kier alpha value is -1.66. The molecule has 5 nitrogen and oxygen atoms in total. The molecule has 2 atom stereocenters. The van der Waals surface area contributed by atoms with Crippen molar-refractivity contribution >= 4 is 17.3 Å². The zero-order chi connectivity index (χ0) is 14.9. The van der Waals surface area contributed by atoms with Crippen molar-refractivity contribution in [3.8, 4) is 10.7 Å². The van der Waals surface area contributed by atoms with E-state index in [1.54, 1.807) is 24.6 Å². The minimum atomic E-state index is -0.820. The summed E-state index contributed by atoms with van der Waals surface area (Å²) in [7, 11) is 1.74. The predicted octanol–water partition coefficient (Wildman–Crippen LogP) is 2.77. The van der Waals surface area contributed by atoms with Gasteiger partial charge in [0.05, 0.1) is 4.88 Å². The van der Waals surface area contributed by atoms with Gasteiger partial charge in [0.1, 0.15) is 11.4 Å². The number of aliphatic carboxylic acids is 1. The summed E-state index contributed by atoms with van der Waals surface area (Å²) in [6.07, 6.45) is 6.93. The molecular formula is C15H19N3O2S. The van der Waals surface area contributed by atoms with Crippen LogP contribution in [-0.4, -0.2) is 33.2 Å². The monoisotopic (exact) mass is 305 g/mol. The molecule has 0 spiro atoms. The Bertz CT molecular complexity index is 623. The topological polar surface area (TPSA) is 67.2 Å². The molecule has 0 saturated heterocycles. The van der Waals surface area contributed by atoms with Crippen molar-refractivity contribution in [3.05, 3.63) is 29.9 Å². The number of carbonyl (C=O) groups is 1. The number of carboxylic acid groups (broad SMARTS) is 1. The second-order valence-corrected chi connectivity index (χ2v) is 6.47. The number of carboxylic acids is 1. The van der Waals surface area contributed by atoms with Crippen LogP contribution in [0.15, 0.2) is 29.9 Å². The minimum absolute atomic E-state index is 0.168. The summed E-state index contributed by atoms with van der Waals surface area (Å²) in [4.78, 5) is 17.2. The number of rotatable bonds is 4. The first-order valence-electron chi connectivity index (χ1n) is 7.15. The van der Waals surface area contributed by atoms with Gasteiger partial charge < -0.3 is 15.0 Å². The Morgan fingerprint density at radius 3 is 3.14 bits per heavy atom. The second kappa shape index (κ2) is 5.61. The maximum Gasteiger partial charge on any atom is 0.323 e. The molecule has 0 aliphatic heterocycles.